The first-order valence-corrected chi connectivity index (χ1v) is 5.26. The first kappa shape index (κ1) is 12.8. The zero-order chi connectivity index (χ0) is 12.7. The molecule has 1 aromatic carbocycles. The molecule has 0 saturated carbocycles. The van der Waals surface area contributed by atoms with Gasteiger partial charge in [-0.05, 0) is 18.6 Å². The van der Waals surface area contributed by atoms with Gasteiger partial charge in [0.1, 0.15) is 0 Å². The Labute approximate surface area is 99.5 Å². The summed E-state index contributed by atoms with van der Waals surface area (Å²) in [6.07, 6.45) is 0. The molecule has 1 aromatic rings. The fraction of sp³-hybridized carbons (Fsp3) is 0.273. The predicted octanol–water partition coefficient (Wildman–Crippen LogP) is 0.600. The molecule has 2 amide bonds. The zero-order valence-corrected chi connectivity index (χ0v) is 9.60. The maximum absolute atomic E-state index is 11.2. The van der Waals surface area contributed by atoms with Gasteiger partial charge in [0.2, 0.25) is 0 Å². The minimum Gasteiger partial charge on any atom is -0.409 e. The number of amidine groups is 1. The van der Waals surface area contributed by atoms with Crippen molar-refractivity contribution in [1.29, 1.82) is 0 Å². The number of nitrogens with two attached hydrogens (primary N) is 1. The molecule has 6 nitrogen and oxygen atoms in total. The Morgan fingerprint density at radius 2 is 2.24 bits per heavy atom. The molecule has 5 N–H and O–H groups in total. The molecule has 0 radical (unpaired) electrons. The number of urea groups is 1. The van der Waals surface area contributed by atoms with Crippen molar-refractivity contribution in [2.45, 2.75) is 13.5 Å². The molecule has 0 atom stereocenters. The highest BCUT2D eigenvalue weighted by molar-refractivity contribution is 5.97. The van der Waals surface area contributed by atoms with Crippen LogP contribution in [0.15, 0.2) is 29.4 Å². The second-order valence-electron chi connectivity index (χ2n) is 3.40. The van der Waals surface area contributed by atoms with Gasteiger partial charge in [0.15, 0.2) is 5.84 Å². The average molecular weight is 236 g/mol. The first-order chi connectivity index (χ1) is 8.17. The molecule has 1 rings (SSSR count). The minimum atomic E-state index is -0.221. The minimum absolute atomic E-state index is 0.0462. The van der Waals surface area contributed by atoms with Crippen LogP contribution in [-0.2, 0) is 6.54 Å². The summed E-state index contributed by atoms with van der Waals surface area (Å²) >= 11 is 0. The topological polar surface area (TPSA) is 99.7 Å². The number of carbonyl (C=O) groups is 1. The summed E-state index contributed by atoms with van der Waals surface area (Å²) in [4.78, 5) is 11.2. The van der Waals surface area contributed by atoms with Gasteiger partial charge in [-0.25, -0.2) is 4.79 Å². The summed E-state index contributed by atoms with van der Waals surface area (Å²) in [5.41, 5.74) is 6.96. The van der Waals surface area contributed by atoms with E-state index in [-0.39, 0.29) is 11.9 Å². The van der Waals surface area contributed by atoms with Crippen LogP contribution in [0.25, 0.3) is 0 Å². The molecule has 0 aliphatic rings. The fourth-order valence-electron chi connectivity index (χ4n) is 1.30. The third-order valence-electron chi connectivity index (χ3n) is 2.12. The molecule has 6 heteroatoms. The van der Waals surface area contributed by atoms with Crippen molar-refractivity contribution in [3.8, 4) is 0 Å². The number of nitrogens with one attached hydrogen (secondary N) is 2. The van der Waals surface area contributed by atoms with Crippen LogP contribution >= 0.6 is 0 Å². The van der Waals surface area contributed by atoms with Crippen molar-refractivity contribution in [3.63, 3.8) is 0 Å². The highest BCUT2D eigenvalue weighted by Gasteiger charge is 2.02. The number of rotatable bonds is 4. The van der Waals surface area contributed by atoms with E-state index in [9.17, 15) is 4.79 Å². The summed E-state index contributed by atoms with van der Waals surface area (Å²) in [6.45, 7) is 2.81. The van der Waals surface area contributed by atoms with Gasteiger partial charge in [0, 0.05) is 18.7 Å². The predicted molar refractivity (Wildman–Crippen MR) is 64.9 cm³/mol. The van der Waals surface area contributed by atoms with Crippen LogP contribution in [0.5, 0.6) is 0 Å². The van der Waals surface area contributed by atoms with E-state index in [0.29, 0.717) is 18.7 Å². The largest absolute Gasteiger partial charge is 0.409 e. The van der Waals surface area contributed by atoms with E-state index in [2.05, 4.69) is 15.8 Å². The third kappa shape index (κ3) is 4.02. The Morgan fingerprint density at radius 1 is 1.47 bits per heavy atom. The molecule has 0 bridgehead atoms. The van der Waals surface area contributed by atoms with Crippen molar-refractivity contribution in [2.75, 3.05) is 6.54 Å². The normalized spacial score (nSPS) is 11.0. The molecule has 17 heavy (non-hydrogen) atoms. The second-order valence-corrected chi connectivity index (χ2v) is 3.40. The van der Waals surface area contributed by atoms with Gasteiger partial charge >= 0.3 is 6.03 Å². The molecule has 0 fully saturated rings. The number of hydrogen-bond acceptors (Lipinski definition) is 3. The van der Waals surface area contributed by atoms with Crippen molar-refractivity contribution >= 4 is 11.9 Å². The van der Waals surface area contributed by atoms with E-state index in [1.165, 1.54) is 0 Å². The highest BCUT2D eigenvalue weighted by atomic mass is 16.4. The van der Waals surface area contributed by atoms with Crippen molar-refractivity contribution in [3.05, 3.63) is 35.4 Å². The molecule has 0 spiro atoms. The number of hydrogen-bond donors (Lipinski definition) is 4. The monoisotopic (exact) mass is 236 g/mol. The van der Waals surface area contributed by atoms with Crippen LogP contribution in [0.4, 0.5) is 4.79 Å². The lowest BCUT2D eigenvalue weighted by atomic mass is 10.1. The van der Waals surface area contributed by atoms with E-state index in [1.807, 2.05) is 13.0 Å². The molecule has 0 saturated heterocycles. The maximum atomic E-state index is 11.2. The molecule has 0 aliphatic carbocycles. The molecule has 0 heterocycles. The van der Waals surface area contributed by atoms with Gasteiger partial charge in [-0.3, -0.25) is 0 Å². The van der Waals surface area contributed by atoms with Crippen molar-refractivity contribution in [2.24, 2.45) is 10.9 Å². The quantitative estimate of drug-likeness (QED) is 0.266. The zero-order valence-electron chi connectivity index (χ0n) is 9.60. The third-order valence-corrected chi connectivity index (χ3v) is 2.12. The smallest absolute Gasteiger partial charge is 0.315 e. The summed E-state index contributed by atoms with van der Waals surface area (Å²) < 4.78 is 0. The Bertz CT molecular complexity index is 418. The Hall–Kier alpha value is -2.24. The van der Waals surface area contributed by atoms with Gasteiger partial charge in [0.25, 0.3) is 0 Å². The van der Waals surface area contributed by atoms with Gasteiger partial charge in [-0.1, -0.05) is 23.4 Å². The van der Waals surface area contributed by atoms with Gasteiger partial charge < -0.3 is 21.6 Å². The van der Waals surface area contributed by atoms with Crippen LogP contribution < -0.4 is 16.4 Å². The summed E-state index contributed by atoms with van der Waals surface area (Å²) in [5.74, 6) is 0.0462. The maximum Gasteiger partial charge on any atom is 0.315 e. The van der Waals surface area contributed by atoms with Crippen LogP contribution in [-0.4, -0.2) is 23.6 Å². The molecule has 0 aromatic heterocycles. The van der Waals surface area contributed by atoms with Crippen molar-refractivity contribution < 1.29 is 10.0 Å². The van der Waals surface area contributed by atoms with Crippen LogP contribution in [0.2, 0.25) is 0 Å². The summed E-state index contributed by atoms with van der Waals surface area (Å²) in [5, 5.41) is 16.8. The molecule has 0 aliphatic heterocycles. The number of nitrogens with zero attached hydrogens (tertiary/aromatic N) is 1. The van der Waals surface area contributed by atoms with Crippen LogP contribution in [0.3, 0.4) is 0 Å². The molecule has 92 valence electrons. The van der Waals surface area contributed by atoms with Gasteiger partial charge in [0.05, 0.1) is 0 Å². The molecular formula is C11H16N4O2. The van der Waals surface area contributed by atoms with Gasteiger partial charge in [-0.2, -0.15) is 0 Å². The lowest BCUT2D eigenvalue weighted by Gasteiger charge is -2.07. The van der Waals surface area contributed by atoms with E-state index < -0.39 is 0 Å². The van der Waals surface area contributed by atoms with Crippen LogP contribution in [0, 0.1) is 0 Å². The SMILES string of the molecule is CCNC(=O)NCc1cccc(C(N)=NO)c1. The van der Waals surface area contributed by atoms with Gasteiger partial charge in [-0.15, -0.1) is 0 Å². The number of amides is 2. The van der Waals surface area contributed by atoms with E-state index >= 15 is 0 Å². The average Bonchev–Trinajstić information content (AvgIpc) is 2.36. The Balaban J connectivity index is 2.63. The standard InChI is InChI=1S/C11H16N4O2/c1-2-13-11(16)14-7-8-4-3-5-9(6-8)10(12)15-17/h3-6,17H,2,7H2,1H3,(H2,12,15)(H2,13,14,16). The second kappa shape index (κ2) is 6.37. The lowest BCUT2D eigenvalue weighted by Crippen LogP contribution is -2.34. The number of benzene rings is 1. The van der Waals surface area contributed by atoms with E-state index in [1.54, 1.807) is 18.2 Å². The highest BCUT2D eigenvalue weighted by Crippen LogP contribution is 2.04. The Kier molecular flexibility index (Phi) is 4.80. The Morgan fingerprint density at radius 3 is 2.88 bits per heavy atom. The first-order valence-electron chi connectivity index (χ1n) is 5.26. The molecule has 0 unspecified atom stereocenters. The van der Waals surface area contributed by atoms with E-state index in [0.717, 1.165) is 5.56 Å². The fourth-order valence-corrected chi connectivity index (χ4v) is 1.30. The number of carbonyl (C=O) groups excluding carboxylic acids is 1. The van der Waals surface area contributed by atoms with Crippen molar-refractivity contribution in [1.82, 2.24) is 10.6 Å². The summed E-state index contributed by atoms with van der Waals surface area (Å²) in [7, 11) is 0. The van der Waals surface area contributed by atoms with Crippen LogP contribution in [0.1, 0.15) is 18.1 Å². The number of oxime groups is 1. The van der Waals surface area contributed by atoms with E-state index in [4.69, 9.17) is 10.9 Å². The molecular weight excluding hydrogens is 220 g/mol. The summed E-state index contributed by atoms with van der Waals surface area (Å²) in [6, 6.07) is 6.88. The lowest BCUT2D eigenvalue weighted by molar-refractivity contribution is 0.241.